The Hall–Kier alpha value is -1.55. The fraction of sp³-hybridized carbons (Fsp3) is 0.250. The van der Waals surface area contributed by atoms with Crippen molar-refractivity contribution in [2.24, 2.45) is 5.84 Å². The number of rotatable bonds is 4. The van der Waals surface area contributed by atoms with Crippen LogP contribution in [0.25, 0.3) is 0 Å². The van der Waals surface area contributed by atoms with Gasteiger partial charge in [0.2, 0.25) is 0 Å². The first-order chi connectivity index (χ1) is 9.78. The largest absolute Gasteiger partial charge is 0.488 e. The van der Waals surface area contributed by atoms with E-state index < -0.39 is 0 Å². The van der Waals surface area contributed by atoms with E-state index in [9.17, 15) is 0 Å². The summed E-state index contributed by atoms with van der Waals surface area (Å²) in [7, 11) is 0. The minimum absolute atomic E-state index is 0.0299. The van der Waals surface area contributed by atoms with Crippen molar-refractivity contribution in [3.05, 3.63) is 64.7 Å². The molecule has 0 amide bonds. The van der Waals surface area contributed by atoms with Crippen LogP contribution >= 0.6 is 11.6 Å². The first kappa shape index (κ1) is 13.4. The van der Waals surface area contributed by atoms with Crippen LogP contribution in [0.3, 0.4) is 0 Å². The highest BCUT2D eigenvalue weighted by Crippen LogP contribution is 2.30. The van der Waals surface area contributed by atoms with Gasteiger partial charge in [-0.2, -0.15) is 0 Å². The number of hydrazine groups is 1. The molecule has 0 radical (unpaired) electrons. The molecule has 20 heavy (non-hydrogen) atoms. The average Bonchev–Trinajstić information content (AvgIpc) is 2.90. The van der Waals surface area contributed by atoms with Crippen LogP contribution in [0.4, 0.5) is 0 Å². The van der Waals surface area contributed by atoms with Gasteiger partial charge in [-0.1, -0.05) is 48.0 Å². The molecule has 104 valence electrons. The molecule has 0 spiro atoms. The summed E-state index contributed by atoms with van der Waals surface area (Å²) in [6, 6.07) is 16.0. The molecule has 3 N–H and O–H groups in total. The molecular formula is C16H17ClN2O. The van der Waals surface area contributed by atoms with Gasteiger partial charge < -0.3 is 4.74 Å². The van der Waals surface area contributed by atoms with Gasteiger partial charge in [-0.3, -0.25) is 11.3 Å². The quantitative estimate of drug-likeness (QED) is 0.672. The summed E-state index contributed by atoms with van der Waals surface area (Å²) in [5, 5.41) is 0.767. The standard InChI is InChI=1S/C16H17ClN2O/c17-13-7-3-1-5-11(13)9-14(19-18)16-10-12-6-2-4-8-15(12)20-16/h1-8,14,16,19H,9-10,18H2. The van der Waals surface area contributed by atoms with Crippen LogP contribution in [0.5, 0.6) is 5.75 Å². The maximum Gasteiger partial charge on any atom is 0.123 e. The minimum atomic E-state index is 0.0299. The zero-order chi connectivity index (χ0) is 13.9. The number of benzene rings is 2. The number of hydrogen-bond donors (Lipinski definition) is 2. The second kappa shape index (κ2) is 5.83. The van der Waals surface area contributed by atoms with E-state index in [1.54, 1.807) is 0 Å². The van der Waals surface area contributed by atoms with Crippen molar-refractivity contribution in [2.75, 3.05) is 0 Å². The van der Waals surface area contributed by atoms with Crippen molar-refractivity contribution in [1.82, 2.24) is 5.43 Å². The second-order valence-electron chi connectivity index (χ2n) is 5.04. The fourth-order valence-electron chi connectivity index (χ4n) is 2.63. The van der Waals surface area contributed by atoms with Gasteiger partial charge in [-0.25, -0.2) is 0 Å². The molecule has 2 aromatic carbocycles. The third kappa shape index (κ3) is 2.66. The summed E-state index contributed by atoms with van der Waals surface area (Å²) >= 11 is 6.21. The summed E-state index contributed by atoms with van der Waals surface area (Å²) in [5.41, 5.74) is 5.18. The lowest BCUT2D eigenvalue weighted by Gasteiger charge is -2.23. The molecule has 0 fully saturated rings. The zero-order valence-corrected chi connectivity index (χ0v) is 11.8. The number of fused-ring (bicyclic) bond motifs is 1. The van der Waals surface area contributed by atoms with Crippen molar-refractivity contribution < 1.29 is 4.74 Å². The Kier molecular flexibility index (Phi) is 3.92. The Morgan fingerprint density at radius 2 is 1.95 bits per heavy atom. The van der Waals surface area contributed by atoms with Crippen LogP contribution < -0.4 is 16.0 Å². The molecule has 1 aliphatic heterocycles. The third-order valence-corrected chi connectivity index (χ3v) is 4.10. The van der Waals surface area contributed by atoms with Crippen LogP contribution in [0.15, 0.2) is 48.5 Å². The molecule has 1 heterocycles. The Labute approximate surface area is 123 Å². The smallest absolute Gasteiger partial charge is 0.123 e. The molecular weight excluding hydrogens is 272 g/mol. The van der Waals surface area contributed by atoms with Gasteiger partial charge in [0.1, 0.15) is 11.9 Å². The van der Waals surface area contributed by atoms with Gasteiger partial charge >= 0.3 is 0 Å². The predicted octanol–water partition coefficient (Wildman–Crippen LogP) is 2.72. The Morgan fingerprint density at radius 3 is 2.70 bits per heavy atom. The van der Waals surface area contributed by atoms with E-state index in [4.69, 9.17) is 22.2 Å². The van der Waals surface area contributed by atoms with E-state index in [-0.39, 0.29) is 12.1 Å². The molecule has 0 aliphatic carbocycles. The highest BCUT2D eigenvalue weighted by atomic mass is 35.5. The summed E-state index contributed by atoms with van der Waals surface area (Å²) in [6.45, 7) is 0. The van der Waals surface area contributed by atoms with Crippen molar-refractivity contribution >= 4 is 11.6 Å². The molecule has 0 aromatic heterocycles. The van der Waals surface area contributed by atoms with Crippen LogP contribution in [0.2, 0.25) is 5.02 Å². The maximum atomic E-state index is 6.21. The highest BCUT2D eigenvalue weighted by Gasteiger charge is 2.29. The van der Waals surface area contributed by atoms with Crippen molar-refractivity contribution in [3.8, 4) is 5.75 Å². The molecule has 1 aliphatic rings. The molecule has 0 saturated carbocycles. The monoisotopic (exact) mass is 288 g/mol. The number of ether oxygens (including phenoxy) is 1. The maximum absolute atomic E-state index is 6.21. The Balaban J connectivity index is 1.74. The number of nitrogens with two attached hydrogens (primary N) is 1. The molecule has 2 aromatic rings. The SMILES string of the molecule is NNC(Cc1ccccc1Cl)C1Cc2ccccc2O1. The molecule has 3 nitrogen and oxygen atoms in total. The first-order valence-electron chi connectivity index (χ1n) is 6.72. The minimum Gasteiger partial charge on any atom is -0.488 e. The van der Waals surface area contributed by atoms with Gasteiger partial charge in [0.05, 0.1) is 6.04 Å². The number of para-hydroxylation sites is 1. The number of hydrogen-bond acceptors (Lipinski definition) is 3. The van der Waals surface area contributed by atoms with Crippen LogP contribution in [0.1, 0.15) is 11.1 Å². The van der Waals surface area contributed by atoms with Gasteiger partial charge in [0.25, 0.3) is 0 Å². The molecule has 2 unspecified atom stereocenters. The lowest BCUT2D eigenvalue weighted by atomic mass is 9.98. The van der Waals surface area contributed by atoms with E-state index in [1.807, 2.05) is 42.5 Å². The van der Waals surface area contributed by atoms with Gasteiger partial charge in [-0.05, 0) is 29.7 Å². The third-order valence-electron chi connectivity index (χ3n) is 3.73. The number of nitrogens with one attached hydrogen (secondary N) is 1. The number of halogens is 1. The first-order valence-corrected chi connectivity index (χ1v) is 7.10. The van der Waals surface area contributed by atoms with Crippen LogP contribution in [-0.2, 0) is 12.8 Å². The molecule has 3 rings (SSSR count). The lowest BCUT2D eigenvalue weighted by Crippen LogP contribution is -2.47. The van der Waals surface area contributed by atoms with Gasteiger partial charge in [0, 0.05) is 11.4 Å². The van der Waals surface area contributed by atoms with Crippen molar-refractivity contribution in [1.29, 1.82) is 0 Å². The predicted molar refractivity (Wildman–Crippen MR) is 80.8 cm³/mol. The molecule has 0 bridgehead atoms. The molecule has 0 saturated heterocycles. The van der Waals surface area contributed by atoms with E-state index >= 15 is 0 Å². The summed E-state index contributed by atoms with van der Waals surface area (Å²) in [5.74, 6) is 6.67. The van der Waals surface area contributed by atoms with E-state index in [2.05, 4.69) is 11.5 Å². The lowest BCUT2D eigenvalue weighted by molar-refractivity contribution is 0.177. The van der Waals surface area contributed by atoms with Crippen molar-refractivity contribution in [3.63, 3.8) is 0 Å². The highest BCUT2D eigenvalue weighted by molar-refractivity contribution is 6.31. The summed E-state index contributed by atoms with van der Waals surface area (Å²) < 4.78 is 5.99. The topological polar surface area (TPSA) is 47.3 Å². The second-order valence-corrected chi connectivity index (χ2v) is 5.44. The Morgan fingerprint density at radius 1 is 1.20 bits per heavy atom. The molecule has 4 heteroatoms. The normalized spacial score (nSPS) is 18.4. The van der Waals surface area contributed by atoms with E-state index in [0.29, 0.717) is 0 Å². The van der Waals surface area contributed by atoms with Gasteiger partial charge in [0.15, 0.2) is 0 Å². The van der Waals surface area contributed by atoms with Gasteiger partial charge in [-0.15, -0.1) is 0 Å². The Bertz CT molecular complexity index is 578. The average molecular weight is 289 g/mol. The van der Waals surface area contributed by atoms with E-state index in [1.165, 1.54) is 5.56 Å². The van der Waals surface area contributed by atoms with Crippen LogP contribution in [-0.4, -0.2) is 12.1 Å². The van der Waals surface area contributed by atoms with Crippen LogP contribution in [0, 0.1) is 0 Å². The summed E-state index contributed by atoms with van der Waals surface area (Å²) in [6.07, 6.45) is 1.65. The fourth-order valence-corrected chi connectivity index (χ4v) is 2.84. The van der Waals surface area contributed by atoms with Crippen molar-refractivity contribution in [2.45, 2.75) is 25.0 Å². The zero-order valence-electron chi connectivity index (χ0n) is 11.1. The molecule has 2 atom stereocenters. The van der Waals surface area contributed by atoms with E-state index in [0.717, 1.165) is 29.2 Å². The summed E-state index contributed by atoms with van der Waals surface area (Å²) in [4.78, 5) is 0.